The molecule has 0 amide bonds. The Labute approximate surface area is 107 Å². The molecule has 3 nitrogen and oxygen atoms in total. The molecule has 0 bridgehead atoms. The van der Waals surface area contributed by atoms with Gasteiger partial charge in [-0.15, -0.1) is 0 Å². The van der Waals surface area contributed by atoms with E-state index in [4.69, 9.17) is 11.6 Å². The molecule has 17 heavy (non-hydrogen) atoms. The van der Waals surface area contributed by atoms with E-state index in [0.29, 0.717) is 16.0 Å². The van der Waals surface area contributed by atoms with Gasteiger partial charge in [0.2, 0.25) is 5.95 Å². The van der Waals surface area contributed by atoms with Crippen molar-refractivity contribution in [1.82, 2.24) is 9.97 Å². The van der Waals surface area contributed by atoms with Gasteiger partial charge in [-0.1, -0.05) is 23.4 Å². The molecule has 1 aromatic carbocycles. The van der Waals surface area contributed by atoms with E-state index in [1.807, 2.05) is 0 Å². The number of anilines is 1. The molecule has 0 fully saturated rings. The van der Waals surface area contributed by atoms with Crippen LogP contribution < -0.4 is 5.32 Å². The highest BCUT2D eigenvalue weighted by molar-refractivity contribution is 7.99. The molecule has 0 saturated heterocycles. The summed E-state index contributed by atoms with van der Waals surface area (Å²) in [5.41, 5.74) is 0. The van der Waals surface area contributed by atoms with Crippen LogP contribution in [0.4, 0.5) is 10.3 Å². The van der Waals surface area contributed by atoms with E-state index in [2.05, 4.69) is 15.3 Å². The lowest BCUT2D eigenvalue weighted by molar-refractivity contribution is 0.626. The fraction of sp³-hybridized carbons (Fsp3) is 0.0909. The maximum Gasteiger partial charge on any atom is 0.223 e. The third-order valence-corrected chi connectivity index (χ3v) is 3.36. The van der Waals surface area contributed by atoms with E-state index in [9.17, 15) is 4.39 Å². The van der Waals surface area contributed by atoms with E-state index in [-0.39, 0.29) is 5.82 Å². The normalized spacial score (nSPS) is 10.3. The molecule has 1 heterocycles. The zero-order chi connectivity index (χ0) is 12.3. The quantitative estimate of drug-likeness (QED) is 0.866. The molecule has 2 rings (SSSR count). The Morgan fingerprint density at radius 1 is 1.29 bits per heavy atom. The summed E-state index contributed by atoms with van der Waals surface area (Å²) < 4.78 is 12.8. The molecule has 0 saturated carbocycles. The van der Waals surface area contributed by atoms with Crippen LogP contribution in [0.15, 0.2) is 40.4 Å². The summed E-state index contributed by atoms with van der Waals surface area (Å²) in [6, 6.07) is 6.15. The van der Waals surface area contributed by atoms with Gasteiger partial charge >= 0.3 is 0 Å². The minimum absolute atomic E-state index is 0.265. The predicted molar refractivity (Wildman–Crippen MR) is 67.1 cm³/mol. The minimum Gasteiger partial charge on any atom is -0.357 e. The molecule has 88 valence electrons. The van der Waals surface area contributed by atoms with Gasteiger partial charge in [0.05, 0.1) is 11.2 Å². The van der Waals surface area contributed by atoms with Gasteiger partial charge in [0.15, 0.2) is 0 Å². The van der Waals surface area contributed by atoms with Crippen molar-refractivity contribution in [3.8, 4) is 0 Å². The van der Waals surface area contributed by atoms with Crippen molar-refractivity contribution in [3.63, 3.8) is 0 Å². The lowest BCUT2D eigenvalue weighted by Crippen LogP contribution is -1.96. The summed E-state index contributed by atoms with van der Waals surface area (Å²) in [5.74, 6) is 0.234. The predicted octanol–water partition coefficient (Wildman–Crippen LogP) is 3.46. The van der Waals surface area contributed by atoms with Crippen molar-refractivity contribution in [2.24, 2.45) is 0 Å². The molecule has 2 aromatic rings. The van der Waals surface area contributed by atoms with Gasteiger partial charge in [-0.3, -0.25) is 0 Å². The first-order valence-corrected chi connectivity index (χ1v) is 6.02. The van der Waals surface area contributed by atoms with Crippen molar-refractivity contribution < 1.29 is 4.39 Å². The Morgan fingerprint density at radius 2 is 2.00 bits per heavy atom. The number of hydrogen-bond donors (Lipinski definition) is 1. The summed E-state index contributed by atoms with van der Waals surface area (Å²) in [4.78, 5) is 9.08. The second-order valence-corrected chi connectivity index (χ2v) is 4.62. The van der Waals surface area contributed by atoms with Crippen molar-refractivity contribution in [2.75, 3.05) is 12.4 Å². The lowest BCUT2D eigenvalue weighted by Gasteiger charge is -2.05. The monoisotopic (exact) mass is 269 g/mol. The molecule has 0 unspecified atom stereocenters. The average Bonchev–Trinajstić information content (AvgIpc) is 2.35. The van der Waals surface area contributed by atoms with Crippen molar-refractivity contribution in [2.45, 2.75) is 9.92 Å². The molecule has 1 N–H and O–H groups in total. The first kappa shape index (κ1) is 12.1. The molecule has 0 aliphatic heterocycles. The molecule has 0 spiro atoms. The van der Waals surface area contributed by atoms with Gasteiger partial charge in [-0.2, -0.15) is 0 Å². The first-order chi connectivity index (χ1) is 8.19. The standard InChI is InChI=1S/C11H9ClFN3S/c1-14-11-15-6-9(12)10(16-11)17-8-4-2-7(13)3-5-8/h2-6H,1H3,(H,14,15,16). The Hall–Kier alpha value is -1.33. The van der Waals surface area contributed by atoms with Gasteiger partial charge in [-0.25, -0.2) is 14.4 Å². The zero-order valence-corrected chi connectivity index (χ0v) is 10.5. The second kappa shape index (κ2) is 5.33. The lowest BCUT2D eigenvalue weighted by atomic mass is 10.4. The Balaban J connectivity index is 2.25. The van der Waals surface area contributed by atoms with Crippen LogP contribution in [0, 0.1) is 5.82 Å². The molecule has 0 aliphatic carbocycles. The summed E-state index contributed by atoms with van der Waals surface area (Å²) in [7, 11) is 1.73. The molecular weight excluding hydrogens is 261 g/mol. The van der Waals surface area contributed by atoms with Crippen LogP contribution >= 0.6 is 23.4 Å². The van der Waals surface area contributed by atoms with E-state index in [1.54, 1.807) is 19.2 Å². The number of aromatic nitrogens is 2. The number of benzene rings is 1. The van der Waals surface area contributed by atoms with Crippen LogP contribution in [0.1, 0.15) is 0 Å². The van der Waals surface area contributed by atoms with Crippen LogP contribution in [-0.2, 0) is 0 Å². The number of hydrogen-bond acceptors (Lipinski definition) is 4. The smallest absolute Gasteiger partial charge is 0.223 e. The average molecular weight is 270 g/mol. The fourth-order valence-corrected chi connectivity index (χ4v) is 2.14. The van der Waals surface area contributed by atoms with Gasteiger partial charge in [0.1, 0.15) is 10.8 Å². The Bertz CT molecular complexity index is 519. The van der Waals surface area contributed by atoms with Crippen LogP contribution in [0.25, 0.3) is 0 Å². The van der Waals surface area contributed by atoms with Crippen LogP contribution in [-0.4, -0.2) is 17.0 Å². The van der Waals surface area contributed by atoms with E-state index in [1.165, 1.54) is 30.1 Å². The summed E-state index contributed by atoms with van der Waals surface area (Å²) in [6.45, 7) is 0. The van der Waals surface area contributed by atoms with Crippen LogP contribution in [0.2, 0.25) is 5.02 Å². The van der Waals surface area contributed by atoms with E-state index in [0.717, 1.165) is 4.90 Å². The molecule has 0 atom stereocenters. The molecule has 6 heteroatoms. The Kier molecular flexibility index (Phi) is 3.81. The van der Waals surface area contributed by atoms with Gasteiger partial charge in [0, 0.05) is 11.9 Å². The maximum atomic E-state index is 12.8. The highest BCUT2D eigenvalue weighted by atomic mass is 35.5. The molecule has 0 radical (unpaired) electrons. The van der Waals surface area contributed by atoms with Crippen LogP contribution in [0.5, 0.6) is 0 Å². The summed E-state index contributed by atoms with van der Waals surface area (Å²) in [6.07, 6.45) is 1.53. The third-order valence-electron chi connectivity index (χ3n) is 1.96. The summed E-state index contributed by atoms with van der Waals surface area (Å²) >= 11 is 7.35. The van der Waals surface area contributed by atoms with Crippen molar-refractivity contribution >= 4 is 29.3 Å². The first-order valence-electron chi connectivity index (χ1n) is 4.83. The highest BCUT2D eigenvalue weighted by Gasteiger charge is 2.06. The maximum absolute atomic E-state index is 12.8. The fourth-order valence-electron chi connectivity index (χ4n) is 1.16. The third kappa shape index (κ3) is 3.08. The topological polar surface area (TPSA) is 37.8 Å². The van der Waals surface area contributed by atoms with Crippen molar-refractivity contribution in [1.29, 1.82) is 0 Å². The van der Waals surface area contributed by atoms with Crippen LogP contribution in [0.3, 0.4) is 0 Å². The van der Waals surface area contributed by atoms with E-state index < -0.39 is 0 Å². The SMILES string of the molecule is CNc1ncc(Cl)c(Sc2ccc(F)cc2)n1. The Morgan fingerprint density at radius 3 is 2.65 bits per heavy atom. The van der Waals surface area contributed by atoms with E-state index >= 15 is 0 Å². The van der Waals surface area contributed by atoms with Crippen molar-refractivity contribution in [3.05, 3.63) is 41.3 Å². The van der Waals surface area contributed by atoms with Gasteiger partial charge < -0.3 is 5.32 Å². The molecule has 0 aliphatic rings. The number of rotatable bonds is 3. The zero-order valence-electron chi connectivity index (χ0n) is 8.95. The largest absolute Gasteiger partial charge is 0.357 e. The highest BCUT2D eigenvalue weighted by Crippen LogP contribution is 2.31. The molecule has 1 aromatic heterocycles. The number of halogens is 2. The summed E-state index contributed by atoms with van der Waals surface area (Å²) in [5, 5.41) is 3.94. The van der Waals surface area contributed by atoms with Gasteiger partial charge in [-0.05, 0) is 24.3 Å². The minimum atomic E-state index is -0.265. The molecular formula is C11H9ClFN3S. The second-order valence-electron chi connectivity index (χ2n) is 3.15. The number of nitrogens with zero attached hydrogens (tertiary/aromatic N) is 2. The number of nitrogens with one attached hydrogen (secondary N) is 1. The van der Waals surface area contributed by atoms with Gasteiger partial charge in [0.25, 0.3) is 0 Å².